The number of rotatable bonds is 5. The molecule has 0 saturated heterocycles. The Morgan fingerprint density at radius 2 is 1.91 bits per heavy atom. The maximum atomic E-state index is 13.7. The molecule has 0 amide bonds. The van der Waals surface area contributed by atoms with Crippen LogP contribution in [0.4, 0.5) is 10.3 Å². The van der Waals surface area contributed by atoms with E-state index in [9.17, 15) is 13.4 Å². The zero-order valence-electron chi connectivity index (χ0n) is 19.1. The SMILES string of the molecule is Cc1cc([C@H](C)CC(C)(C)S(N)=O)c2nc(N3Cc4ccc(F)cc4C3)n(C)c(=O)c2c1. The molecule has 2 N–H and O–H groups in total. The van der Waals surface area contributed by atoms with Crippen molar-refractivity contribution in [3.63, 3.8) is 0 Å². The lowest BCUT2D eigenvalue weighted by molar-refractivity contribution is 0.542. The number of nitrogens with zero attached hydrogens (tertiary/aromatic N) is 3. The van der Waals surface area contributed by atoms with Crippen LogP contribution in [0, 0.1) is 12.7 Å². The molecule has 2 heterocycles. The molecule has 4 rings (SSSR count). The number of halogens is 1. The molecule has 2 aromatic carbocycles. The standard InChI is InChI=1S/C24H29FN4O2S/c1-14-8-19(15(2)11-24(3,4)32(26)31)21-20(9-14)22(30)28(5)23(27-21)29-12-16-6-7-18(25)10-17(16)13-29/h6-10,15H,11-13,26H2,1-5H3/t15-,32?/m1/s1. The van der Waals surface area contributed by atoms with Gasteiger partial charge in [0.2, 0.25) is 5.95 Å². The van der Waals surface area contributed by atoms with E-state index in [1.807, 2.05) is 37.8 Å². The number of hydrogen-bond donors (Lipinski definition) is 1. The first-order chi connectivity index (χ1) is 15.0. The summed E-state index contributed by atoms with van der Waals surface area (Å²) < 4.78 is 26.7. The van der Waals surface area contributed by atoms with Crippen molar-refractivity contribution in [3.05, 3.63) is 68.8 Å². The molecular formula is C24H29FN4O2S. The van der Waals surface area contributed by atoms with Crippen LogP contribution in [0.15, 0.2) is 35.1 Å². The first-order valence-electron chi connectivity index (χ1n) is 10.7. The Morgan fingerprint density at radius 1 is 1.22 bits per heavy atom. The van der Waals surface area contributed by atoms with Crippen molar-refractivity contribution in [3.8, 4) is 0 Å². The molecule has 2 atom stereocenters. The molecular weight excluding hydrogens is 427 g/mol. The molecule has 170 valence electrons. The molecule has 32 heavy (non-hydrogen) atoms. The van der Waals surface area contributed by atoms with Gasteiger partial charge in [-0.2, -0.15) is 0 Å². The Hall–Kier alpha value is -2.58. The molecule has 0 fully saturated rings. The molecule has 0 radical (unpaired) electrons. The van der Waals surface area contributed by atoms with Gasteiger partial charge in [0.15, 0.2) is 0 Å². The van der Waals surface area contributed by atoms with E-state index in [1.54, 1.807) is 23.7 Å². The van der Waals surface area contributed by atoms with Crippen LogP contribution >= 0.6 is 0 Å². The summed E-state index contributed by atoms with van der Waals surface area (Å²) in [6, 6.07) is 8.70. The Morgan fingerprint density at radius 3 is 2.59 bits per heavy atom. The second-order valence-electron chi connectivity index (χ2n) is 9.46. The predicted octanol–water partition coefficient (Wildman–Crippen LogP) is 3.80. The van der Waals surface area contributed by atoms with Crippen LogP contribution in [0.2, 0.25) is 0 Å². The average Bonchev–Trinajstić information content (AvgIpc) is 3.12. The van der Waals surface area contributed by atoms with Crippen molar-refractivity contribution in [1.82, 2.24) is 9.55 Å². The highest BCUT2D eigenvalue weighted by Gasteiger charge is 2.29. The van der Waals surface area contributed by atoms with Gasteiger partial charge in [0.1, 0.15) is 5.82 Å². The Balaban J connectivity index is 1.83. The fourth-order valence-corrected chi connectivity index (χ4v) is 5.05. The second kappa shape index (κ2) is 8.08. The van der Waals surface area contributed by atoms with Crippen LogP contribution in [0.3, 0.4) is 0 Å². The van der Waals surface area contributed by atoms with Gasteiger partial charge in [0, 0.05) is 20.1 Å². The highest BCUT2D eigenvalue weighted by Crippen LogP contribution is 2.34. The van der Waals surface area contributed by atoms with E-state index in [-0.39, 0.29) is 17.3 Å². The number of aromatic nitrogens is 2. The van der Waals surface area contributed by atoms with Gasteiger partial charge in [-0.1, -0.05) is 19.1 Å². The van der Waals surface area contributed by atoms with Crippen LogP contribution in [-0.2, 0) is 31.1 Å². The van der Waals surface area contributed by atoms with E-state index in [0.717, 1.165) is 22.3 Å². The summed E-state index contributed by atoms with van der Waals surface area (Å²) in [5, 5.41) is 6.27. The van der Waals surface area contributed by atoms with Gasteiger partial charge in [-0.15, -0.1) is 0 Å². The summed E-state index contributed by atoms with van der Waals surface area (Å²) in [5.74, 6) is 0.285. The first-order valence-corrected chi connectivity index (χ1v) is 11.9. The van der Waals surface area contributed by atoms with E-state index < -0.39 is 15.7 Å². The van der Waals surface area contributed by atoms with Gasteiger partial charge >= 0.3 is 0 Å². The highest BCUT2D eigenvalue weighted by molar-refractivity contribution is 7.84. The Labute approximate surface area is 189 Å². The van der Waals surface area contributed by atoms with Gasteiger partial charge in [-0.05, 0) is 73.6 Å². The molecule has 0 saturated carbocycles. The topological polar surface area (TPSA) is 81.2 Å². The van der Waals surface area contributed by atoms with E-state index >= 15 is 0 Å². The molecule has 8 heteroatoms. The summed E-state index contributed by atoms with van der Waals surface area (Å²) in [6.07, 6.45) is 0.593. The summed E-state index contributed by atoms with van der Waals surface area (Å²) >= 11 is 0. The maximum Gasteiger partial charge on any atom is 0.262 e. The van der Waals surface area contributed by atoms with Crippen LogP contribution in [0.25, 0.3) is 10.9 Å². The van der Waals surface area contributed by atoms with Gasteiger partial charge in [-0.25, -0.2) is 13.6 Å². The number of aryl methyl sites for hydroxylation is 1. The Kier molecular flexibility index (Phi) is 5.71. The van der Waals surface area contributed by atoms with Crippen LogP contribution < -0.4 is 15.6 Å². The van der Waals surface area contributed by atoms with Crippen LogP contribution in [0.5, 0.6) is 0 Å². The average molecular weight is 457 g/mol. The monoisotopic (exact) mass is 456 g/mol. The van der Waals surface area contributed by atoms with Crippen LogP contribution in [0.1, 0.15) is 55.4 Å². The second-order valence-corrected chi connectivity index (χ2v) is 11.2. The van der Waals surface area contributed by atoms with Crippen molar-refractivity contribution < 1.29 is 8.60 Å². The number of benzene rings is 2. The fraction of sp³-hybridized carbons (Fsp3) is 0.417. The third-order valence-corrected chi connectivity index (χ3v) is 7.63. The number of anilines is 1. The minimum atomic E-state index is -1.47. The van der Waals surface area contributed by atoms with E-state index in [4.69, 9.17) is 10.1 Å². The van der Waals surface area contributed by atoms with E-state index in [1.165, 1.54) is 6.07 Å². The quantitative estimate of drug-likeness (QED) is 0.633. The highest BCUT2D eigenvalue weighted by atomic mass is 32.2. The van der Waals surface area contributed by atoms with Crippen LogP contribution in [-0.4, -0.2) is 18.5 Å². The molecule has 0 spiro atoms. The normalized spacial score (nSPS) is 15.8. The van der Waals surface area contributed by atoms with E-state index in [0.29, 0.717) is 36.4 Å². The summed E-state index contributed by atoms with van der Waals surface area (Å²) in [4.78, 5) is 20.3. The zero-order valence-corrected chi connectivity index (χ0v) is 19.9. The summed E-state index contributed by atoms with van der Waals surface area (Å²) in [5.41, 5.74) is 4.39. The number of fused-ring (bicyclic) bond motifs is 2. The summed E-state index contributed by atoms with van der Waals surface area (Å²) in [6.45, 7) is 8.84. The molecule has 0 bridgehead atoms. The molecule has 1 aliphatic rings. The fourth-order valence-electron chi connectivity index (χ4n) is 4.63. The molecule has 1 aliphatic heterocycles. The van der Waals surface area contributed by atoms with Gasteiger partial charge in [-0.3, -0.25) is 14.5 Å². The molecule has 6 nitrogen and oxygen atoms in total. The van der Waals surface area contributed by atoms with Gasteiger partial charge < -0.3 is 4.90 Å². The van der Waals surface area contributed by atoms with Gasteiger partial charge in [0.25, 0.3) is 5.56 Å². The number of nitrogens with two attached hydrogens (primary N) is 1. The molecule has 0 aliphatic carbocycles. The molecule has 3 aromatic rings. The third kappa shape index (κ3) is 3.97. The zero-order chi connectivity index (χ0) is 23.4. The predicted molar refractivity (Wildman–Crippen MR) is 127 cm³/mol. The molecule has 1 aromatic heterocycles. The number of hydrogen-bond acceptors (Lipinski definition) is 4. The van der Waals surface area contributed by atoms with Gasteiger partial charge in [0.05, 0.1) is 26.6 Å². The minimum Gasteiger partial charge on any atom is -0.333 e. The van der Waals surface area contributed by atoms with Crippen molar-refractivity contribution in [1.29, 1.82) is 0 Å². The van der Waals surface area contributed by atoms with Crippen molar-refractivity contribution in [2.45, 2.75) is 57.9 Å². The lowest BCUT2D eigenvalue weighted by Gasteiger charge is -2.27. The lowest BCUT2D eigenvalue weighted by atomic mass is 9.89. The minimum absolute atomic E-state index is 0.00257. The first kappa shape index (κ1) is 22.6. The maximum absolute atomic E-state index is 13.7. The smallest absolute Gasteiger partial charge is 0.262 e. The van der Waals surface area contributed by atoms with E-state index in [2.05, 4.69) is 6.92 Å². The molecule has 1 unspecified atom stereocenters. The van der Waals surface area contributed by atoms with Crippen molar-refractivity contribution >= 4 is 27.8 Å². The Bertz CT molecular complexity index is 1300. The summed E-state index contributed by atoms with van der Waals surface area (Å²) in [7, 11) is 0.248. The third-order valence-electron chi connectivity index (χ3n) is 6.38. The van der Waals surface area contributed by atoms with Crippen molar-refractivity contribution in [2.75, 3.05) is 4.90 Å². The van der Waals surface area contributed by atoms with Crippen molar-refractivity contribution in [2.24, 2.45) is 12.2 Å². The largest absolute Gasteiger partial charge is 0.333 e. The lowest BCUT2D eigenvalue weighted by Crippen LogP contribution is -2.33.